The second-order valence-electron chi connectivity index (χ2n) is 3.39. The van der Waals surface area contributed by atoms with E-state index in [4.69, 9.17) is 10.1 Å². The SMILES string of the molecule is COc1ccc2c(c1)sc(=N)n2CCSC. The molecule has 86 valence electrons. The molecule has 0 bridgehead atoms. The first-order valence-electron chi connectivity index (χ1n) is 4.97. The molecule has 1 N–H and O–H groups in total. The number of hydrogen-bond donors (Lipinski definition) is 1. The van der Waals surface area contributed by atoms with Crippen molar-refractivity contribution in [2.24, 2.45) is 0 Å². The first kappa shape index (κ1) is 11.5. The van der Waals surface area contributed by atoms with E-state index >= 15 is 0 Å². The van der Waals surface area contributed by atoms with Crippen LogP contribution in [-0.2, 0) is 6.54 Å². The van der Waals surface area contributed by atoms with E-state index < -0.39 is 0 Å². The number of ether oxygens (including phenoxy) is 1. The quantitative estimate of drug-likeness (QED) is 0.910. The second kappa shape index (κ2) is 4.93. The highest BCUT2D eigenvalue weighted by Crippen LogP contribution is 2.23. The summed E-state index contributed by atoms with van der Waals surface area (Å²) in [6.45, 7) is 0.895. The predicted molar refractivity (Wildman–Crippen MR) is 70.6 cm³/mol. The molecule has 1 aromatic heterocycles. The Bertz CT molecular complexity index is 544. The summed E-state index contributed by atoms with van der Waals surface area (Å²) >= 11 is 3.30. The van der Waals surface area contributed by atoms with Crippen molar-refractivity contribution in [3.8, 4) is 5.75 Å². The summed E-state index contributed by atoms with van der Waals surface area (Å²) in [5.74, 6) is 1.89. The number of methoxy groups -OCH3 is 1. The maximum absolute atomic E-state index is 7.94. The number of hydrogen-bond acceptors (Lipinski definition) is 4. The molecule has 5 heteroatoms. The van der Waals surface area contributed by atoms with Gasteiger partial charge in [-0.25, -0.2) is 0 Å². The number of rotatable bonds is 4. The Morgan fingerprint density at radius 1 is 1.50 bits per heavy atom. The van der Waals surface area contributed by atoms with Crippen LogP contribution in [0, 0.1) is 5.41 Å². The zero-order chi connectivity index (χ0) is 11.5. The number of aryl methyl sites for hydroxylation is 1. The van der Waals surface area contributed by atoms with Gasteiger partial charge in [-0.3, -0.25) is 5.41 Å². The Hall–Kier alpha value is -0.940. The third-order valence-corrected chi connectivity index (χ3v) is 3.98. The van der Waals surface area contributed by atoms with Crippen LogP contribution < -0.4 is 9.54 Å². The number of aromatic nitrogens is 1. The van der Waals surface area contributed by atoms with Gasteiger partial charge in [0.1, 0.15) is 5.75 Å². The maximum Gasteiger partial charge on any atom is 0.182 e. The lowest BCUT2D eigenvalue weighted by Gasteiger charge is -2.03. The van der Waals surface area contributed by atoms with E-state index in [1.54, 1.807) is 18.9 Å². The summed E-state index contributed by atoms with van der Waals surface area (Å²) in [6, 6.07) is 5.97. The fourth-order valence-corrected chi connectivity index (χ4v) is 2.93. The zero-order valence-electron chi connectivity index (χ0n) is 9.32. The minimum atomic E-state index is 0.609. The Balaban J connectivity index is 2.49. The fourth-order valence-electron chi connectivity index (χ4n) is 1.60. The summed E-state index contributed by atoms with van der Waals surface area (Å²) < 4.78 is 8.35. The molecule has 0 saturated carbocycles. The fraction of sp³-hybridized carbons (Fsp3) is 0.364. The zero-order valence-corrected chi connectivity index (χ0v) is 11.0. The predicted octanol–water partition coefficient (Wildman–Crippen LogP) is 2.55. The van der Waals surface area contributed by atoms with Crippen molar-refractivity contribution in [2.75, 3.05) is 19.1 Å². The van der Waals surface area contributed by atoms with Gasteiger partial charge >= 0.3 is 0 Å². The molecule has 0 atom stereocenters. The van der Waals surface area contributed by atoms with E-state index in [2.05, 4.69) is 10.8 Å². The molecule has 0 radical (unpaired) electrons. The minimum absolute atomic E-state index is 0.609. The number of nitrogens with zero attached hydrogens (tertiary/aromatic N) is 1. The van der Waals surface area contributed by atoms with E-state index in [9.17, 15) is 0 Å². The Kier molecular flexibility index (Phi) is 3.56. The molecule has 16 heavy (non-hydrogen) atoms. The van der Waals surface area contributed by atoms with Crippen molar-refractivity contribution < 1.29 is 4.74 Å². The number of thiazole rings is 1. The van der Waals surface area contributed by atoms with Crippen molar-refractivity contribution in [3.63, 3.8) is 0 Å². The third-order valence-electron chi connectivity index (χ3n) is 2.43. The summed E-state index contributed by atoms with van der Waals surface area (Å²) in [5, 5.41) is 7.94. The van der Waals surface area contributed by atoms with Crippen LogP contribution in [0.3, 0.4) is 0 Å². The first-order chi connectivity index (χ1) is 7.76. The van der Waals surface area contributed by atoms with Crippen molar-refractivity contribution in [1.29, 1.82) is 5.41 Å². The highest BCUT2D eigenvalue weighted by molar-refractivity contribution is 7.98. The second-order valence-corrected chi connectivity index (χ2v) is 5.40. The van der Waals surface area contributed by atoms with Crippen LogP contribution in [0.25, 0.3) is 10.2 Å². The Morgan fingerprint density at radius 3 is 3.00 bits per heavy atom. The van der Waals surface area contributed by atoms with Crippen LogP contribution in [-0.4, -0.2) is 23.7 Å². The smallest absolute Gasteiger partial charge is 0.182 e. The number of benzene rings is 1. The molecule has 0 spiro atoms. The topological polar surface area (TPSA) is 38.0 Å². The van der Waals surface area contributed by atoms with Crippen LogP contribution in [0.1, 0.15) is 0 Å². The molecule has 0 unspecified atom stereocenters. The van der Waals surface area contributed by atoms with Crippen molar-refractivity contribution in [2.45, 2.75) is 6.54 Å². The number of fused-ring (bicyclic) bond motifs is 1. The van der Waals surface area contributed by atoms with E-state index in [0.29, 0.717) is 4.80 Å². The molecule has 0 aliphatic heterocycles. The number of thioether (sulfide) groups is 1. The standard InChI is InChI=1S/C11H14N2OS2/c1-14-8-3-4-9-10(7-8)16-11(12)13(9)5-6-15-2/h3-4,7,12H,5-6H2,1-2H3. The Labute approximate surface area is 103 Å². The molecule has 0 saturated heterocycles. The lowest BCUT2D eigenvalue weighted by molar-refractivity contribution is 0.415. The summed E-state index contributed by atoms with van der Waals surface area (Å²) in [7, 11) is 1.66. The van der Waals surface area contributed by atoms with Crippen LogP contribution >= 0.6 is 23.1 Å². The van der Waals surface area contributed by atoms with E-state index in [-0.39, 0.29) is 0 Å². The molecule has 2 rings (SSSR count). The molecule has 2 aromatic rings. The summed E-state index contributed by atoms with van der Waals surface area (Å²) in [4.78, 5) is 0.609. The van der Waals surface area contributed by atoms with Gasteiger partial charge in [-0.1, -0.05) is 11.3 Å². The van der Waals surface area contributed by atoms with Crippen LogP contribution in [0.2, 0.25) is 0 Å². The van der Waals surface area contributed by atoms with Gasteiger partial charge in [0.2, 0.25) is 0 Å². The molecule has 0 amide bonds. The largest absolute Gasteiger partial charge is 0.497 e. The van der Waals surface area contributed by atoms with Gasteiger partial charge in [0.05, 0.1) is 17.3 Å². The molecular formula is C11H14N2OS2. The average Bonchev–Trinajstić information content (AvgIpc) is 2.61. The van der Waals surface area contributed by atoms with E-state index in [1.807, 2.05) is 18.2 Å². The van der Waals surface area contributed by atoms with Gasteiger partial charge in [-0.05, 0) is 24.5 Å². The van der Waals surface area contributed by atoms with Crippen LogP contribution in [0.4, 0.5) is 0 Å². The lowest BCUT2D eigenvalue weighted by atomic mass is 10.3. The highest BCUT2D eigenvalue weighted by atomic mass is 32.2. The van der Waals surface area contributed by atoms with Crippen LogP contribution in [0.5, 0.6) is 5.75 Å². The lowest BCUT2D eigenvalue weighted by Crippen LogP contribution is -2.14. The van der Waals surface area contributed by atoms with Gasteiger partial charge in [0.15, 0.2) is 4.80 Å². The molecule has 0 fully saturated rings. The first-order valence-corrected chi connectivity index (χ1v) is 7.18. The van der Waals surface area contributed by atoms with E-state index in [0.717, 1.165) is 28.3 Å². The minimum Gasteiger partial charge on any atom is -0.497 e. The van der Waals surface area contributed by atoms with Crippen LogP contribution in [0.15, 0.2) is 18.2 Å². The molecule has 1 heterocycles. The molecule has 3 nitrogen and oxygen atoms in total. The van der Waals surface area contributed by atoms with Crippen molar-refractivity contribution in [3.05, 3.63) is 23.0 Å². The van der Waals surface area contributed by atoms with Gasteiger partial charge in [0, 0.05) is 12.3 Å². The highest BCUT2D eigenvalue weighted by Gasteiger charge is 2.05. The van der Waals surface area contributed by atoms with E-state index in [1.165, 1.54) is 11.3 Å². The molecular weight excluding hydrogens is 240 g/mol. The normalized spacial score (nSPS) is 10.9. The summed E-state index contributed by atoms with van der Waals surface area (Å²) in [6.07, 6.45) is 2.09. The molecule has 0 aliphatic rings. The van der Waals surface area contributed by atoms with Crippen molar-refractivity contribution >= 4 is 33.3 Å². The molecule has 0 aliphatic carbocycles. The van der Waals surface area contributed by atoms with Gasteiger partial charge in [-0.15, -0.1) is 0 Å². The summed E-state index contributed by atoms with van der Waals surface area (Å²) in [5.41, 5.74) is 1.13. The monoisotopic (exact) mass is 254 g/mol. The van der Waals surface area contributed by atoms with Crippen molar-refractivity contribution in [1.82, 2.24) is 4.57 Å². The van der Waals surface area contributed by atoms with Gasteiger partial charge in [0.25, 0.3) is 0 Å². The number of nitrogens with one attached hydrogen (secondary N) is 1. The van der Waals surface area contributed by atoms with Gasteiger partial charge in [-0.2, -0.15) is 11.8 Å². The average molecular weight is 254 g/mol. The van der Waals surface area contributed by atoms with Gasteiger partial charge < -0.3 is 9.30 Å². The Morgan fingerprint density at radius 2 is 2.31 bits per heavy atom. The maximum atomic E-state index is 7.94. The third kappa shape index (κ3) is 2.10. The molecule has 1 aromatic carbocycles.